The molecule has 0 aliphatic carbocycles. The van der Waals surface area contributed by atoms with E-state index in [4.69, 9.17) is 9.52 Å². The lowest BCUT2D eigenvalue weighted by molar-refractivity contribution is 0.104. The molecule has 1 N–H and O–H groups in total. The topological polar surface area (TPSA) is 39.9 Å². The van der Waals surface area contributed by atoms with Crippen LogP contribution in [0.15, 0.2) is 46.9 Å². The van der Waals surface area contributed by atoms with Crippen molar-refractivity contribution >= 4 is 0 Å². The Labute approximate surface area is 125 Å². The number of hydrogen-bond acceptors (Lipinski definition) is 4. The molecular weight excluding hydrogens is 264 g/mol. The Hall–Kier alpha value is -1.62. The Kier molecular flexibility index (Phi) is 4.70. The summed E-state index contributed by atoms with van der Waals surface area (Å²) in [4.78, 5) is 4.70. The molecular formula is C17H22N2O2. The maximum absolute atomic E-state index is 8.96. The molecule has 0 radical (unpaired) electrons. The molecule has 0 spiro atoms. The molecule has 0 saturated carbocycles. The van der Waals surface area contributed by atoms with Gasteiger partial charge < -0.3 is 9.52 Å². The van der Waals surface area contributed by atoms with Gasteiger partial charge >= 0.3 is 0 Å². The Balaban J connectivity index is 1.56. The third-order valence-corrected chi connectivity index (χ3v) is 3.98. The van der Waals surface area contributed by atoms with Gasteiger partial charge in [0.05, 0.1) is 13.2 Å². The van der Waals surface area contributed by atoms with Crippen LogP contribution < -0.4 is 0 Å². The lowest BCUT2D eigenvalue weighted by Crippen LogP contribution is -2.46. The lowest BCUT2D eigenvalue weighted by Gasteiger charge is -2.33. The van der Waals surface area contributed by atoms with Crippen molar-refractivity contribution in [1.82, 2.24) is 9.80 Å². The third-order valence-electron chi connectivity index (χ3n) is 3.98. The van der Waals surface area contributed by atoms with Crippen molar-refractivity contribution in [3.05, 3.63) is 48.2 Å². The van der Waals surface area contributed by atoms with Crippen molar-refractivity contribution in [2.24, 2.45) is 0 Å². The minimum absolute atomic E-state index is 0.249. The number of aliphatic hydroxyl groups excluding tert-OH is 1. The predicted molar refractivity (Wildman–Crippen MR) is 82.9 cm³/mol. The first kappa shape index (κ1) is 14.3. The summed E-state index contributed by atoms with van der Waals surface area (Å²) in [6.45, 7) is 5.99. The number of aliphatic hydroxyl groups is 1. The summed E-state index contributed by atoms with van der Waals surface area (Å²) >= 11 is 0. The molecule has 0 atom stereocenters. The zero-order chi connectivity index (χ0) is 14.5. The van der Waals surface area contributed by atoms with Gasteiger partial charge in [-0.3, -0.25) is 9.80 Å². The number of hydrogen-bond donors (Lipinski definition) is 1. The van der Waals surface area contributed by atoms with Crippen LogP contribution in [-0.2, 0) is 6.54 Å². The van der Waals surface area contributed by atoms with Crippen molar-refractivity contribution in [1.29, 1.82) is 0 Å². The summed E-state index contributed by atoms with van der Waals surface area (Å²) < 4.78 is 5.95. The zero-order valence-corrected chi connectivity index (χ0v) is 12.2. The molecule has 1 aromatic heterocycles. The Bertz CT molecular complexity index is 545. The number of piperazine rings is 1. The minimum atomic E-state index is 0.249. The molecule has 2 aromatic rings. The molecule has 112 valence electrons. The average Bonchev–Trinajstić information content (AvgIpc) is 2.99. The smallest absolute Gasteiger partial charge is 0.134 e. The van der Waals surface area contributed by atoms with E-state index in [2.05, 4.69) is 28.0 Å². The summed E-state index contributed by atoms with van der Waals surface area (Å²) in [7, 11) is 0. The summed E-state index contributed by atoms with van der Waals surface area (Å²) in [5, 5.41) is 8.96. The maximum atomic E-state index is 8.96. The first-order valence-corrected chi connectivity index (χ1v) is 7.55. The van der Waals surface area contributed by atoms with E-state index in [0.717, 1.165) is 56.4 Å². The number of furan rings is 1. The van der Waals surface area contributed by atoms with E-state index < -0.39 is 0 Å². The summed E-state index contributed by atoms with van der Waals surface area (Å²) in [5.74, 6) is 1.95. The van der Waals surface area contributed by atoms with Crippen LogP contribution in [0.1, 0.15) is 5.76 Å². The second-order valence-electron chi connectivity index (χ2n) is 5.47. The van der Waals surface area contributed by atoms with Crippen LogP contribution in [0.25, 0.3) is 11.3 Å². The highest BCUT2D eigenvalue weighted by Crippen LogP contribution is 2.22. The molecule has 0 amide bonds. The van der Waals surface area contributed by atoms with Crippen LogP contribution in [0.2, 0.25) is 0 Å². The molecule has 1 fully saturated rings. The summed E-state index contributed by atoms with van der Waals surface area (Å²) in [6.07, 6.45) is 0. The van der Waals surface area contributed by atoms with Gasteiger partial charge in [0.25, 0.3) is 0 Å². The fourth-order valence-electron chi connectivity index (χ4n) is 2.75. The van der Waals surface area contributed by atoms with Gasteiger partial charge in [0, 0.05) is 38.3 Å². The highest BCUT2D eigenvalue weighted by Gasteiger charge is 2.17. The molecule has 21 heavy (non-hydrogen) atoms. The van der Waals surface area contributed by atoms with Crippen LogP contribution >= 0.6 is 0 Å². The van der Waals surface area contributed by atoms with E-state index in [-0.39, 0.29) is 6.61 Å². The van der Waals surface area contributed by atoms with Gasteiger partial charge in [-0.15, -0.1) is 0 Å². The Morgan fingerprint density at radius 3 is 2.33 bits per heavy atom. The van der Waals surface area contributed by atoms with Gasteiger partial charge in [-0.25, -0.2) is 0 Å². The monoisotopic (exact) mass is 286 g/mol. The summed E-state index contributed by atoms with van der Waals surface area (Å²) in [6, 6.07) is 14.3. The fraction of sp³-hybridized carbons (Fsp3) is 0.412. The summed E-state index contributed by atoms with van der Waals surface area (Å²) in [5.41, 5.74) is 1.12. The largest absolute Gasteiger partial charge is 0.460 e. The van der Waals surface area contributed by atoms with Crippen molar-refractivity contribution in [2.45, 2.75) is 6.54 Å². The zero-order valence-electron chi connectivity index (χ0n) is 12.2. The van der Waals surface area contributed by atoms with E-state index in [9.17, 15) is 0 Å². The second-order valence-corrected chi connectivity index (χ2v) is 5.47. The molecule has 1 aliphatic rings. The van der Waals surface area contributed by atoms with Crippen molar-refractivity contribution in [3.63, 3.8) is 0 Å². The van der Waals surface area contributed by atoms with Gasteiger partial charge in [-0.2, -0.15) is 0 Å². The number of β-amino-alcohol motifs (C(OH)–C–C–N with tert-alkyl or cyclic N) is 1. The van der Waals surface area contributed by atoms with E-state index in [1.165, 1.54) is 0 Å². The second kappa shape index (κ2) is 6.89. The highest BCUT2D eigenvalue weighted by atomic mass is 16.3. The van der Waals surface area contributed by atoms with Crippen molar-refractivity contribution < 1.29 is 9.52 Å². The molecule has 3 rings (SSSR count). The lowest BCUT2D eigenvalue weighted by atomic mass is 10.2. The van der Waals surface area contributed by atoms with Crippen LogP contribution in [-0.4, -0.2) is 54.2 Å². The minimum Gasteiger partial charge on any atom is -0.460 e. The number of rotatable bonds is 5. The Morgan fingerprint density at radius 2 is 1.62 bits per heavy atom. The SMILES string of the molecule is OCCN1CCN(Cc2ccc(-c3ccccc3)o2)CC1. The number of nitrogens with zero attached hydrogens (tertiary/aromatic N) is 2. The Morgan fingerprint density at radius 1 is 0.905 bits per heavy atom. The average molecular weight is 286 g/mol. The quantitative estimate of drug-likeness (QED) is 0.913. The fourth-order valence-corrected chi connectivity index (χ4v) is 2.75. The molecule has 4 heteroatoms. The van der Waals surface area contributed by atoms with Crippen molar-refractivity contribution in [2.75, 3.05) is 39.3 Å². The van der Waals surface area contributed by atoms with Gasteiger partial charge in [0.15, 0.2) is 0 Å². The van der Waals surface area contributed by atoms with Crippen molar-refractivity contribution in [3.8, 4) is 11.3 Å². The normalized spacial score (nSPS) is 17.2. The van der Waals surface area contributed by atoms with Crippen LogP contribution in [0.5, 0.6) is 0 Å². The molecule has 1 aliphatic heterocycles. The highest BCUT2D eigenvalue weighted by molar-refractivity contribution is 5.57. The van der Waals surface area contributed by atoms with Gasteiger partial charge in [-0.05, 0) is 12.1 Å². The molecule has 4 nitrogen and oxygen atoms in total. The van der Waals surface area contributed by atoms with E-state index >= 15 is 0 Å². The molecule has 2 heterocycles. The predicted octanol–water partition coefficient (Wildman–Crippen LogP) is 2.06. The van der Waals surface area contributed by atoms with E-state index in [1.54, 1.807) is 0 Å². The number of benzene rings is 1. The standard InChI is InChI=1S/C17H22N2O2/c20-13-12-18-8-10-19(11-9-18)14-16-6-7-17(21-16)15-4-2-1-3-5-15/h1-7,20H,8-14H2. The molecule has 0 unspecified atom stereocenters. The van der Waals surface area contributed by atoms with Crippen LogP contribution in [0.4, 0.5) is 0 Å². The van der Waals surface area contributed by atoms with Gasteiger partial charge in [0.1, 0.15) is 11.5 Å². The first-order chi connectivity index (χ1) is 10.3. The van der Waals surface area contributed by atoms with Gasteiger partial charge in [-0.1, -0.05) is 30.3 Å². The van der Waals surface area contributed by atoms with Crippen LogP contribution in [0.3, 0.4) is 0 Å². The molecule has 0 bridgehead atoms. The van der Waals surface area contributed by atoms with Gasteiger partial charge in [0.2, 0.25) is 0 Å². The first-order valence-electron chi connectivity index (χ1n) is 7.55. The van der Waals surface area contributed by atoms with Crippen LogP contribution in [0, 0.1) is 0 Å². The maximum Gasteiger partial charge on any atom is 0.134 e. The van der Waals surface area contributed by atoms with E-state index in [0.29, 0.717) is 0 Å². The molecule has 1 saturated heterocycles. The van der Waals surface area contributed by atoms with E-state index in [1.807, 2.05) is 24.3 Å². The molecule has 1 aromatic carbocycles. The third kappa shape index (κ3) is 3.73.